The van der Waals surface area contributed by atoms with E-state index in [1.54, 1.807) is 6.92 Å². The molecule has 0 aromatic rings. The maximum Gasteiger partial charge on any atom is 0.309 e. The van der Waals surface area contributed by atoms with Crippen molar-refractivity contribution in [1.29, 1.82) is 0 Å². The third-order valence-electron chi connectivity index (χ3n) is 4.85. The van der Waals surface area contributed by atoms with Gasteiger partial charge in [-0.15, -0.1) is 0 Å². The number of carboxylic acid groups (broad SMARTS) is 1. The lowest BCUT2D eigenvalue weighted by molar-refractivity contribution is -0.151. The molecular weight excluding hydrogens is 266 g/mol. The van der Waals surface area contributed by atoms with E-state index in [1.807, 2.05) is 0 Å². The van der Waals surface area contributed by atoms with Crippen LogP contribution in [-0.2, 0) is 14.6 Å². The van der Waals surface area contributed by atoms with E-state index in [0.717, 1.165) is 19.3 Å². The lowest BCUT2D eigenvalue weighted by Crippen LogP contribution is -2.50. The molecule has 19 heavy (non-hydrogen) atoms. The standard InChI is InChI=1S/C13H23NO4S/c1-13(12(15)16)6-8-14(9-7-13)10-4-3-5-11(10)19(2,17)18/h10-11H,3-9H2,1-2H3,(H,15,16). The van der Waals surface area contributed by atoms with Gasteiger partial charge in [-0.05, 0) is 45.7 Å². The van der Waals surface area contributed by atoms with Crippen LogP contribution in [0.4, 0.5) is 0 Å². The highest BCUT2D eigenvalue weighted by molar-refractivity contribution is 7.91. The molecule has 2 aliphatic rings. The highest BCUT2D eigenvalue weighted by Gasteiger charge is 2.43. The summed E-state index contributed by atoms with van der Waals surface area (Å²) in [7, 11) is -3.00. The van der Waals surface area contributed by atoms with Crippen LogP contribution in [0.25, 0.3) is 0 Å². The molecule has 1 aliphatic carbocycles. The molecule has 2 atom stereocenters. The Bertz CT molecular complexity index is 451. The number of carboxylic acids is 1. The first-order chi connectivity index (χ1) is 8.74. The molecular formula is C13H23NO4S. The molecule has 6 heteroatoms. The lowest BCUT2D eigenvalue weighted by atomic mass is 9.80. The Kier molecular flexibility index (Phi) is 3.93. The van der Waals surface area contributed by atoms with E-state index in [9.17, 15) is 18.3 Å². The Morgan fingerprint density at radius 1 is 1.26 bits per heavy atom. The summed E-state index contributed by atoms with van der Waals surface area (Å²) < 4.78 is 23.6. The first-order valence-electron chi connectivity index (χ1n) is 6.90. The monoisotopic (exact) mass is 289 g/mol. The number of hydrogen-bond donors (Lipinski definition) is 1. The first-order valence-corrected chi connectivity index (χ1v) is 8.86. The maximum absolute atomic E-state index is 11.8. The first kappa shape index (κ1) is 14.8. The molecule has 5 nitrogen and oxygen atoms in total. The van der Waals surface area contributed by atoms with Crippen LogP contribution < -0.4 is 0 Å². The van der Waals surface area contributed by atoms with E-state index in [4.69, 9.17) is 0 Å². The molecule has 0 aromatic heterocycles. The van der Waals surface area contributed by atoms with Crippen LogP contribution in [0.15, 0.2) is 0 Å². The fourth-order valence-electron chi connectivity index (χ4n) is 3.39. The average Bonchev–Trinajstić information content (AvgIpc) is 2.78. The molecule has 2 fully saturated rings. The summed E-state index contributed by atoms with van der Waals surface area (Å²) in [5.41, 5.74) is -0.643. The number of aliphatic carboxylic acids is 1. The van der Waals surface area contributed by atoms with Gasteiger partial charge in [0.25, 0.3) is 0 Å². The molecule has 0 amide bonds. The van der Waals surface area contributed by atoms with Crippen molar-refractivity contribution in [2.24, 2.45) is 5.41 Å². The van der Waals surface area contributed by atoms with Gasteiger partial charge in [0.05, 0.1) is 10.7 Å². The molecule has 1 heterocycles. The third kappa shape index (κ3) is 2.94. The van der Waals surface area contributed by atoms with Gasteiger partial charge in [-0.25, -0.2) is 8.42 Å². The number of piperidine rings is 1. The van der Waals surface area contributed by atoms with E-state index in [-0.39, 0.29) is 11.3 Å². The van der Waals surface area contributed by atoms with Crippen LogP contribution in [0.2, 0.25) is 0 Å². The molecule has 1 N–H and O–H groups in total. The third-order valence-corrected chi connectivity index (χ3v) is 6.50. The van der Waals surface area contributed by atoms with E-state index < -0.39 is 21.2 Å². The van der Waals surface area contributed by atoms with Crippen molar-refractivity contribution in [1.82, 2.24) is 4.90 Å². The Labute approximate surface area is 114 Å². The van der Waals surface area contributed by atoms with Gasteiger partial charge in [-0.3, -0.25) is 9.69 Å². The highest BCUT2D eigenvalue weighted by Crippen LogP contribution is 2.36. The molecule has 1 saturated carbocycles. The summed E-state index contributed by atoms with van der Waals surface area (Å²) in [6.07, 6.45) is 5.15. The van der Waals surface area contributed by atoms with E-state index in [0.29, 0.717) is 25.9 Å². The summed E-state index contributed by atoms with van der Waals surface area (Å²) in [6, 6.07) is 0.0911. The van der Waals surface area contributed by atoms with Gasteiger partial charge in [-0.2, -0.15) is 0 Å². The Balaban J connectivity index is 2.04. The molecule has 1 aliphatic heterocycles. The van der Waals surface area contributed by atoms with Gasteiger partial charge in [0.15, 0.2) is 9.84 Å². The zero-order chi connectivity index (χ0) is 14.3. The molecule has 0 aromatic carbocycles. The van der Waals surface area contributed by atoms with Crippen LogP contribution in [0.5, 0.6) is 0 Å². The second-order valence-corrected chi connectivity index (χ2v) is 8.53. The fourth-order valence-corrected chi connectivity index (χ4v) is 4.86. The normalized spacial score (nSPS) is 32.3. The van der Waals surface area contributed by atoms with Crippen molar-refractivity contribution in [3.8, 4) is 0 Å². The van der Waals surface area contributed by atoms with Gasteiger partial charge < -0.3 is 5.11 Å². The molecule has 1 saturated heterocycles. The zero-order valence-electron chi connectivity index (χ0n) is 11.6. The molecule has 2 unspecified atom stereocenters. The SMILES string of the molecule is CC1(C(=O)O)CCN(C2CCCC2S(C)(=O)=O)CC1. The van der Waals surface area contributed by atoms with Crippen LogP contribution in [0.1, 0.15) is 39.0 Å². The molecule has 0 bridgehead atoms. The quantitative estimate of drug-likeness (QED) is 0.843. The van der Waals surface area contributed by atoms with E-state index in [2.05, 4.69) is 4.90 Å². The number of rotatable bonds is 3. The summed E-state index contributed by atoms with van der Waals surface area (Å²) in [5, 5.41) is 8.95. The summed E-state index contributed by atoms with van der Waals surface area (Å²) >= 11 is 0. The van der Waals surface area contributed by atoms with Gasteiger partial charge in [0, 0.05) is 12.3 Å². The summed E-state index contributed by atoms with van der Waals surface area (Å²) in [6.45, 7) is 3.17. The van der Waals surface area contributed by atoms with Crippen LogP contribution in [0.3, 0.4) is 0 Å². The second kappa shape index (κ2) is 5.05. The largest absolute Gasteiger partial charge is 0.481 e. The number of carbonyl (C=O) groups is 1. The number of sulfone groups is 1. The Morgan fingerprint density at radius 3 is 2.32 bits per heavy atom. The topological polar surface area (TPSA) is 74.7 Å². The van der Waals surface area contributed by atoms with Crippen LogP contribution in [-0.4, -0.2) is 55.0 Å². The van der Waals surface area contributed by atoms with Crippen molar-refractivity contribution >= 4 is 15.8 Å². The van der Waals surface area contributed by atoms with Gasteiger partial charge >= 0.3 is 5.97 Å². The fraction of sp³-hybridized carbons (Fsp3) is 0.923. The van der Waals surface area contributed by atoms with Crippen molar-refractivity contribution in [2.75, 3.05) is 19.3 Å². The highest BCUT2D eigenvalue weighted by atomic mass is 32.2. The maximum atomic E-state index is 11.8. The molecule has 0 spiro atoms. The van der Waals surface area contributed by atoms with Crippen molar-refractivity contribution in [3.05, 3.63) is 0 Å². The zero-order valence-corrected chi connectivity index (χ0v) is 12.4. The smallest absolute Gasteiger partial charge is 0.309 e. The minimum atomic E-state index is -3.00. The van der Waals surface area contributed by atoms with Crippen molar-refractivity contribution in [2.45, 2.75) is 50.3 Å². The molecule has 2 rings (SSSR count). The van der Waals surface area contributed by atoms with Crippen LogP contribution in [0, 0.1) is 5.41 Å². The predicted molar refractivity (Wildman–Crippen MR) is 72.8 cm³/mol. The average molecular weight is 289 g/mol. The van der Waals surface area contributed by atoms with Crippen LogP contribution >= 0.6 is 0 Å². The summed E-state index contributed by atoms with van der Waals surface area (Å²) in [5.74, 6) is -0.738. The molecule has 110 valence electrons. The minimum Gasteiger partial charge on any atom is -0.481 e. The van der Waals surface area contributed by atoms with Gasteiger partial charge in [0.2, 0.25) is 0 Å². The van der Waals surface area contributed by atoms with Crippen molar-refractivity contribution < 1.29 is 18.3 Å². The number of hydrogen-bond acceptors (Lipinski definition) is 4. The Morgan fingerprint density at radius 2 is 1.84 bits per heavy atom. The van der Waals surface area contributed by atoms with E-state index in [1.165, 1.54) is 6.26 Å². The summed E-state index contributed by atoms with van der Waals surface area (Å²) in [4.78, 5) is 13.4. The predicted octanol–water partition coefficient (Wildman–Crippen LogP) is 1.14. The number of nitrogens with zero attached hydrogens (tertiary/aromatic N) is 1. The second-order valence-electron chi connectivity index (χ2n) is 6.27. The number of likely N-dealkylation sites (tertiary alicyclic amines) is 1. The molecule has 0 radical (unpaired) electrons. The van der Waals surface area contributed by atoms with Gasteiger partial charge in [0.1, 0.15) is 0 Å². The Hall–Kier alpha value is -0.620. The van der Waals surface area contributed by atoms with Gasteiger partial charge in [-0.1, -0.05) is 6.42 Å². The van der Waals surface area contributed by atoms with E-state index >= 15 is 0 Å². The minimum absolute atomic E-state index is 0.0911. The van der Waals surface area contributed by atoms with Crippen molar-refractivity contribution in [3.63, 3.8) is 0 Å². The lowest BCUT2D eigenvalue weighted by Gasteiger charge is -2.41.